The summed E-state index contributed by atoms with van der Waals surface area (Å²) >= 11 is 0. The molecule has 4 aromatic rings. The summed E-state index contributed by atoms with van der Waals surface area (Å²) in [5.41, 5.74) is 6.81. The summed E-state index contributed by atoms with van der Waals surface area (Å²) in [5, 5.41) is 13.3. The molecule has 4 nitrogen and oxygen atoms in total. The molecule has 2 aromatic heterocycles. The lowest BCUT2D eigenvalue weighted by atomic mass is 10.0. The third-order valence-electron chi connectivity index (χ3n) is 4.70. The van der Waals surface area contributed by atoms with Gasteiger partial charge in [-0.05, 0) is 43.2 Å². The summed E-state index contributed by atoms with van der Waals surface area (Å²) < 4.78 is 2.13. The van der Waals surface area contributed by atoms with E-state index in [1.807, 2.05) is 55.5 Å². The average molecular weight is 327 g/mol. The van der Waals surface area contributed by atoms with E-state index in [0.717, 1.165) is 45.7 Å². The molecule has 0 aliphatic heterocycles. The number of rotatable bonds is 3. The zero-order valence-corrected chi connectivity index (χ0v) is 14.3. The highest BCUT2D eigenvalue weighted by Crippen LogP contribution is 2.27. The van der Waals surface area contributed by atoms with Gasteiger partial charge in [-0.15, -0.1) is 0 Å². The van der Waals surface area contributed by atoms with Crippen LogP contribution in [0.5, 0.6) is 0 Å². The molecule has 0 bridgehead atoms. The van der Waals surface area contributed by atoms with Crippen molar-refractivity contribution >= 4 is 28.2 Å². The van der Waals surface area contributed by atoms with Gasteiger partial charge in [-0.3, -0.25) is 10.3 Å². The molecule has 2 aromatic carbocycles. The Balaban J connectivity index is 2.13. The van der Waals surface area contributed by atoms with Gasteiger partial charge in [0, 0.05) is 5.56 Å². The van der Waals surface area contributed by atoms with Crippen LogP contribution >= 0.6 is 0 Å². The summed E-state index contributed by atoms with van der Waals surface area (Å²) in [6, 6.07) is 20.7. The van der Waals surface area contributed by atoms with Crippen LogP contribution in [-0.2, 0) is 6.42 Å². The Morgan fingerprint density at radius 3 is 2.52 bits per heavy atom. The lowest BCUT2D eigenvalue weighted by Gasteiger charge is -2.12. The van der Waals surface area contributed by atoms with Crippen LogP contribution in [0.3, 0.4) is 0 Å². The van der Waals surface area contributed by atoms with Crippen molar-refractivity contribution < 1.29 is 4.40 Å². The van der Waals surface area contributed by atoms with Gasteiger partial charge in [0.05, 0.1) is 5.69 Å². The van der Waals surface area contributed by atoms with Crippen molar-refractivity contribution in [2.75, 3.05) is 5.32 Å². The van der Waals surface area contributed by atoms with E-state index >= 15 is 0 Å². The number of anilines is 2. The van der Waals surface area contributed by atoms with E-state index in [-0.39, 0.29) is 0 Å². The van der Waals surface area contributed by atoms with E-state index in [4.69, 9.17) is 0 Å². The number of fused-ring (bicyclic) bond motifs is 3. The highest BCUT2D eigenvalue weighted by atomic mass is 15.1. The van der Waals surface area contributed by atoms with Crippen LogP contribution in [0.15, 0.2) is 54.6 Å². The first-order chi connectivity index (χ1) is 12.2. The van der Waals surface area contributed by atoms with E-state index in [0.29, 0.717) is 5.56 Å². The first kappa shape index (κ1) is 15.2. The van der Waals surface area contributed by atoms with Gasteiger partial charge in [0.15, 0.2) is 0 Å². The molecule has 25 heavy (non-hydrogen) atoms. The molecule has 0 saturated carbocycles. The topological polar surface area (TPSA) is 55.7 Å². The molecule has 0 aliphatic rings. The van der Waals surface area contributed by atoms with E-state index in [9.17, 15) is 5.26 Å². The van der Waals surface area contributed by atoms with Crippen molar-refractivity contribution in [1.82, 2.24) is 4.98 Å². The molecule has 0 aliphatic carbocycles. The first-order valence-electron chi connectivity index (χ1n) is 8.44. The number of nitriles is 1. The molecule has 0 amide bonds. The maximum absolute atomic E-state index is 9.74. The molecule has 2 heterocycles. The van der Waals surface area contributed by atoms with Crippen molar-refractivity contribution in [2.45, 2.75) is 20.3 Å². The lowest BCUT2D eigenvalue weighted by Crippen LogP contribution is -2.28. The number of pyridine rings is 1. The molecule has 2 N–H and O–H groups in total. The number of imidazole rings is 1. The Bertz CT molecular complexity index is 1120. The molecule has 0 saturated heterocycles. The van der Waals surface area contributed by atoms with Crippen LogP contribution in [0.25, 0.3) is 16.7 Å². The number of H-pyrrole nitrogens is 1. The standard InChI is InChI=1S/C21H18N4/c1-3-16-14(2)17(13-22)21-24-18-11-7-8-12-19(18)25(21)20(16)23-15-9-5-4-6-10-15/h4-12H,3H2,1-2H3,(H,23,24)/p+1. The predicted octanol–water partition coefficient (Wildman–Crippen LogP) is 4.39. The van der Waals surface area contributed by atoms with Gasteiger partial charge in [0.1, 0.15) is 22.7 Å². The number of para-hydroxylation sites is 3. The number of hydrogen-bond acceptors (Lipinski definition) is 2. The number of nitrogens with one attached hydrogen (secondary N) is 2. The molecule has 0 radical (unpaired) electrons. The monoisotopic (exact) mass is 327 g/mol. The van der Waals surface area contributed by atoms with Crippen molar-refractivity contribution in [3.05, 3.63) is 71.3 Å². The normalized spacial score (nSPS) is 10.9. The minimum Gasteiger partial charge on any atom is -0.273 e. The van der Waals surface area contributed by atoms with Crippen LogP contribution < -0.4 is 9.72 Å². The fourth-order valence-corrected chi connectivity index (χ4v) is 3.48. The van der Waals surface area contributed by atoms with Crippen molar-refractivity contribution in [2.24, 2.45) is 0 Å². The van der Waals surface area contributed by atoms with Gasteiger partial charge in [-0.25, -0.2) is 0 Å². The Hall–Kier alpha value is -3.32. The summed E-state index contributed by atoms with van der Waals surface area (Å²) in [7, 11) is 0. The second-order valence-corrected chi connectivity index (χ2v) is 6.11. The Morgan fingerprint density at radius 2 is 1.80 bits per heavy atom. The molecular weight excluding hydrogens is 308 g/mol. The molecule has 0 atom stereocenters. The SMILES string of the molecule is CCc1c(C)c(C#N)c2[nH]c3ccccc3[n+]2c1Nc1ccccc1. The highest BCUT2D eigenvalue weighted by molar-refractivity contribution is 5.78. The van der Waals surface area contributed by atoms with Gasteiger partial charge >= 0.3 is 0 Å². The molecule has 122 valence electrons. The first-order valence-corrected chi connectivity index (χ1v) is 8.44. The number of aromatic amines is 1. The molecular formula is C21H19N4+. The summed E-state index contributed by atoms with van der Waals surface area (Å²) in [6.45, 7) is 4.15. The van der Waals surface area contributed by atoms with E-state index in [1.165, 1.54) is 0 Å². The summed E-state index contributed by atoms with van der Waals surface area (Å²) in [5.74, 6) is 1.01. The fourth-order valence-electron chi connectivity index (χ4n) is 3.48. The van der Waals surface area contributed by atoms with Gasteiger partial charge in [0.2, 0.25) is 11.5 Å². The van der Waals surface area contributed by atoms with Gasteiger partial charge in [-0.2, -0.15) is 9.66 Å². The third kappa shape index (κ3) is 2.33. The molecule has 0 unspecified atom stereocenters. The average Bonchev–Trinajstić information content (AvgIpc) is 3.02. The number of benzene rings is 2. The molecule has 4 heteroatoms. The van der Waals surface area contributed by atoms with Gasteiger partial charge in [-0.1, -0.05) is 37.3 Å². The van der Waals surface area contributed by atoms with Gasteiger partial charge in [0.25, 0.3) is 0 Å². The van der Waals surface area contributed by atoms with E-state index in [2.05, 4.69) is 33.8 Å². The zero-order valence-electron chi connectivity index (χ0n) is 14.3. The fraction of sp³-hybridized carbons (Fsp3) is 0.143. The van der Waals surface area contributed by atoms with Crippen LogP contribution in [-0.4, -0.2) is 4.98 Å². The number of nitrogens with zero attached hydrogens (tertiary/aromatic N) is 2. The molecule has 4 rings (SSSR count). The van der Waals surface area contributed by atoms with Crippen LogP contribution in [0.2, 0.25) is 0 Å². The predicted molar refractivity (Wildman–Crippen MR) is 100 cm³/mol. The van der Waals surface area contributed by atoms with E-state index < -0.39 is 0 Å². The number of hydrogen-bond donors (Lipinski definition) is 2. The number of aromatic nitrogens is 2. The smallest absolute Gasteiger partial charge is 0.250 e. The Morgan fingerprint density at radius 1 is 1.08 bits per heavy atom. The van der Waals surface area contributed by atoms with Crippen LogP contribution in [0, 0.1) is 18.3 Å². The van der Waals surface area contributed by atoms with Crippen molar-refractivity contribution in [3.8, 4) is 6.07 Å². The largest absolute Gasteiger partial charge is 0.273 e. The Labute approximate surface area is 146 Å². The summed E-state index contributed by atoms with van der Waals surface area (Å²) in [6.07, 6.45) is 0.845. The van der Waals surface area contributed by atoms with Crippen molar-refractivity contribution in [3.63, 3.8) is 0 Å². The summed E-state index contributed by atoms with van der Waals surface area (Å²) in [4.78, 5) is 3.42. The van der Waals surface area contributed by atoms with Gasteiger partial charge < -0.3 is 0 Å². The van der Waals surface area contributed by atoms with Crippen LogP contribution in [0.4, 0.5) is 11.5 Å². The lowest BCUT2D eigenvalue weighted by molar-refractivity contribution is -0.465. The second kappa shape index (κ2) is 5.95. The quantitative estimate of drug-likeness (QED) is 0.548. The third-order valence-corrected chi connectivity index (χ3v) is 4.70. The minimum atomic E-state index is 0.701. The van der Waals surface area contributed by atoms with Crippen LogP contribution in [0.1, 0.15) is 23.6 Å². The van der Waals surface area contributed by atoms with Crippen molar-refractivity contribution in [1.29, 1.82) is 5.26 Å². The zero-order chi connectivity index (χ0) is 17.4. The van der Waals surface area contributed by atoms with E-state index in [1.54, 1.807) is 0 Å². The maximum atomic E-state index is 9.74. The highest BCUT2D eigenvalue weighted by Gasteiger charge is 2.24. The Kier molecular flexibility index (Phi) is 3.62. The molecule has 0 spiro atoms. The minimum absolute atomic E-state index is 0.701. The maximum Gasteiger partial charge on any atom is 0.250 e. The molecule has 0 fully saturated rings. The second-order valence-electron chi connectivity index (χ2n) is 6.11.